The highest BCUT2D eigenvalue weighted by Crippen LogP contribution is 2.40. The Morgan fingerprint density at radius 1 is 0.870 bits per heavy atom. The third kappa shape index (κ3) is 3.63. The van der Waals surface area contributed by atoms with Crippen LogP contribution >= 0.6 is 11.8 Å². The molecule has 0 aliphatic rings. The molecule has 0 aliphatic carbocycles. The first-order valence-electron chi connectivity index (χ1n) is 7.30. The number of benzene rings is 2. The average Bonchev–Trinajstić information content (AvgIpc) is 2.53. The lowest BCUT2D eigenvalue weighted by Gasteiger charge is -2.19. The van der Waals surface area contributed by atoms with Gasteiger partial charge in [0.05, 0.1) is 5.25 Å². The van der Waals surface area contributed by atoms with Crippen LogP contribution in [0, 0.1) is 6.92 Å². The minimum Gasteiger partial charge on any atom is -0.383 e. The number of thioether (sulfide) groups is 1. The van der Waals surface area contributed by atoms with Gasteiger partial charge in [-0.15, -0.1) is 0 Å². The molecule has 23 heavy (non-hydrogen) atoms. The summed E-state index contributed by atoms with van der Waals surface area (Å²) in [6, 6.07) is 20.2. The normalized spacial score (nSPS) is 12.0. The van der Waals surface area contributed by atoms with Crippen LogP contribution in [0.3, 0.4) is 0 Å². The number of aryl methyl sites for hydroxylation is 1. The predicted octanol–water partition coefficient (Wildman–Crippen LogP) is 3.83. The van der Waals surface area contributed by atoms with Gasteiger partial charge in [0.25, 0.3) is 0 Å². The molecule has 0 saturated heterocycles. The Balaban J connectivity index is 2.04. The van der Waals surface area contributed by atoms with Gasteiger partial charge in [-0.3, -0.25) is 0 Å². The van der Waals surface area contributed by atoms with Gasteiger partial charge in [0.1, 0.15) is 11.6 Å². The molecule has 116 valence electrons. The fraction of sp³-hybridized carbons (Fsp3) is 0.111. The van der Waals surface area contributed by atoms with Gasteiger partial charge in [-0.1, -0.05) is 66.4 Å². The molecule has 0 bridgehead atoms. The van der Waals surface area contributed by atoms with Gasteiger partial charge in [0, 0.05) is 6.07 Å². The molecule has 2 aromatic carbocycles. The maximum atomic E-state index is 5.80. The summed E-state index contributed by atoms with van der Waals surface area (Å²) in [7, 11) is 0. The topological polar surface area (TPSA) is 77.8 Å². The van der Waals surface area contributed by atoms with Crippen molar-refractivity contribution in [2.24, 2.45) is 0 Å². The van der Waals surface area contributed by atoms with Crippen LogP contribution < -0.4 is 11.5 Å². The zero-order valence-corrected chi connectivity index (χ0v) is 13.6. The number of rotatable bonds is 4. The molecular formula is C18H18N4S. The van der Waals surface area contributed by atoms with E-state index in [1.807, 2.05) is 30.3 Å². The van der Waals surface area contributed by atoms with E-state index < -0.39 is 0 Å². The number of nitrogens with two attached hydrogens (primary N) is 2. The van der Waals surface area contributed by atoms with Gasteiger partial charge in [0.15, 0.2) is 5.16 Å². The maximum absolute atomic E-state index is 5.80. The summed E-state index contributed by atoms with van der Waals surface area (Å²) < 4.78 is 0. The number of anilines is 2. The SMILES string of the molecule is Cc1ccccc1[C@@H](Sc1nc(N)cc(N)n1)c1ccccc1. The summed E-state index contributed by atoms with van der Waals surface area (Å²) in [6.45, 7) is 2.11. The summed E-state index contributed by atoms with van der Waals surface area (Å²) in [5.74, 6) is 0.771. The Morgan fingerprint density at radius 3 is 2.13 bits per heavy atom. The molecule has 3 aromatic rings. The van der Waals surface area contributed by atoms with Crippen LogP contribution in [-0.2, 0) is 0 Å². The second-order valence-corrected chi connectivity index (χ2v) is 6.34. The van der Waals surface area contributed by atoms with E-state index in [0.29, 0.717) is 16.8 Å². The highest BCUT2D eigenvalue weighted by atomic mass is 32.2. The Labute approximate surface area is 140 Å². The van der Waals surface area contributed by atoms with Gasteiger partial charge in [-0.05, 0) is 23.6 Å². The van der Waals surface area contributed by atoms with Gasteiger partial charge >= 0.3 is 0 Å². The summed E-state index contributed by atoms with van der Waals surface area (Å²) in [6.07, 6.45) is 0. The van der Waals surface area contributed by atoms with Crippen LogP contribution in [0.1, 0.15) is 21.9 Å². The van der Waals surface area contributed by atoms with Crippen molar-refractivity contribution in [1.29, 1.82) is 0 Å². The number of hydrogen-bond donors (Lipinski definition) is 2. The summed E-state index contributed by atoms with van der Waals surface area (Å²) in [5.41, 5.74) is 15.2. The lowest BCUT2D eigenvalue weighted by molar-refractivity contribution is 0.973. The van der Waals surface area contributed by atoms with Crippen LogP contribution in [0.5, 0.6) is 0 Å². The smallest absolute Gasteiger partial charge is 0.192 e. The van der Waals surface area contributed by atoms with Crippen molar-refractivity contribution in [3.8, 4) is 0 Å². The van der Waals surface area contributed by atoms with Crippen molar-refractivity contribution in [1.82, 2.24) is 9.97 Å². The summed E-state index contributed by atoms with van der Waals surface area (Å²) >= 11 is 1.56. The molecule has 1 heterocycles. The first-order valence-corrected chi connectivity index (χ1v) is 8.18. The Bertz CT molecular complexity index is 785. The molecule has 0 radical (unpaired) electrons. The average molecular weight is 322 g/mol. The summed E-state index contributed by atoms with van der Waals surface area (Å²) in [5, 5.41) is 0.665. The van der Waals surface area contributed by atoms with E-state index in [1.165, 1.54) is 16.7 Å². The quantitative estimate of drug-likeness (QED) is 0.564. The monoisotopic (exact) mass is 322 g/mol. The van der Waals surface area contributed by atoms with Crippen molar-refractivity contribution < 1.29 is 0 Å². The third-order valence-electron chi connectivity index (χ3n) is 3.54. The summed E-state index contributed by atoms with van der Waals surface area (Å²) in [4.78, 5) is 8.61. The van der Waals surface area contributed by atoms with E-state index in [-0.39, 0.29) is 5.25 Å². The number of nitrogens with zero attached hydrogens (tertiary/aromatic N) is 2. The van der Waals surface area contributed by atoms with E-state index in [2.05, 4.69) is 41.2 Å². The van der Waals surface area contributed by atoms with Crippen molar-refractivity contribution in [3.05, 3.63) is 77.4 Å². The van der Waals surface area contributed by atoms with E-state index >= 15 is 0 Å². The van der Waals surface area contributed by atoms with Gasteiger partial charge in [-0.2, -0.15) is 0 Å². The zero-order chi connectivity index (χ0) is 16.2. The van der Waals surface area contributed by atoms with E-state index in [1.54, 1.807) is 17.8 Å². The zero-order valence-electron chi connectivity index (χ0n) is 12.8. The van der Waals surface area contributed by atoms with Crippen molar-refractivity contribution in [2.75, 3.05) is 11.5 Å². The third-order valence-corrected chi connectivity index (χ3v) is 4.70. The lowest BCUT2D eigenvalue weighted by atomic mass is 10.0. The second-order valence-electron chi connectivity index (χ2n) is 5.27. The molecule has 0 saturated carbocycles. The first kappa shape index (κ1) is 15.4. The molecule has 1 aromatic heterocycles. The largest absolute Gasteiger partial charge is 0.383 e. The second kappa shape index (κ2) is 6.71. The molecule has 0 amide bonds. The molecule has 0 fully saturated rings. The molecule has 1 atom stereocenters. The van der Waals surface area contributed by atoms with E-state index in [0.717, 1.165) is 0 Å². The molecule has 0 spiro atoms. The number of aromatic nitrogens is 2. The van der Waals surface area contributed by atoms with Crippen molar-refractivity contribution in [2.45, 2.75) is 17.3 Å². The maximum Gasteiger partial charge on any atom is 0.192 e. The highest BCUT2D eigenvalue weighted by molar-refractivity contribution is 7.99. The van der Waals surface area contributed by atoms with Gasteiger partial charge in [-0.25, -0.2) is 9.97 Å². The van der Waals surface area contributed by atoms with Gasteiger partial charge in [0.2, 0.25) is 0 Å². The predicted molar refractivity (Wildman–Crippen MR) is 96.2 cm³/mol. The number of nitrogen functional groups attached to an aromatic ring is 2. The Morgan fingerprint density at radius 2 is 1.48 bits per heavy atom. The van der Waals surface area contributed by atoms with Crippen LogP contribution in [0.2, 0.25) is 0 Å². The van der Waals surface area contributed by atoms with Crippen molar-refractivity contribution >= 4 is 23.4 Å². The van der Waals surface area contributed by atoms with Gasteiger partial charge < -0.3 is 11.5 Å². The highest BCUT2D eigenvalue weighted by Gasteiger charge is 2.19. The van der Waals surface area contributed by atoms with Crippen LogP contribution in [-0.4, -0.2) is 9.97 Å². The Kier molecular flexibility index (Phi) is 4.48. The molecule has 0 aliphatic heterocycles. The fourth-order valence-corrected chi connectivity index (χ4v) is 3.65. The molecule has 4 N–H and O–H groups in total. The number of hydrogen-bond acceptors (Lipinski definition) is 5. The van der Waals surface area contributed by atoms with Crippen LogP contribution in [0.25, 0.3) is 0 Å². The minimum atomic E-state index is 0.0820. The van der Waals surface area contributed by atoms with Crippen LogP contribution in [0.15, 0.2) is 65.8 Å². The minimum absolute atomic E-state index is 0.0820. The molecular weight excluding hydrogens is 304 g/mol. The van der Waals surface area contributed by atoms with Crippen molar-refractivity contribution in [3.63, 3.8) is 0 Å². The van der Waals surface area contributed by atoms with E-state index in [9.17, 15) is 0 Å². The standard InChI is InChI=1S/C18H18N4S/c1-12-7-5-6-10-14(12)17(13-8-3-2-4-9-13)23-18-21-15(19)11-16(20)22-18/h2-11,17H,1H3,(H4,19,20,21,22)/t17-/m0/s1. The molecule has 3 rings (SSSR count). The fourth-order valence-electron chi connectivity index (χ4n) is 2.44. The van der Waals surface area contributed by atoms with E-state index in [4.69, 9.17) is 11.5 Å². The molecule has 5 heteroatoms. The molecule has 4 nitrogen and oxygen atoms in total. The molecule has 0 unspecified atom stereocenters. The lowest BCUT2D eigenvalue weighted by Crippen LogP contribution is -2.03. The first-order chi connectivity index (χ1) is 11.1. The van der Waals surface area contributed by atoms with Crippen LogP contribution in [0.4, 0.5) is 11.6 Å². The Hall–Kier alpha value is -2.53.